The van der Waals surface area contributed by atoms with Crippen LogP contribution < -0.4 is 4.74 Å². The van der Waals surface area contributed by atoms with Crippen LogP contribution >= 0.6 is 0 Å². The summed E-state index contributed by atoms with van der Waals surface area (Å²) in [6.07, 6.45) is 2.37. The standard InChI is InChI=1S/C16H21N3O2/c1-18-11-17-14-9-19(8-7-15(14)18)10-16(20)12-3-5-13(21-2)6-4-12/h3-6,11,16,20H,7-10H2,1-2H3. The number of imidazole rings is 1. The van der Waals surface area contributed by atoms with Crippen molar-refractivity contribution in [3.63, 3.8) is 0 Å². The minimum Gasteiger partial charge on any atom is -0.497 e. The van der Waals surface area contributed by atoms with Crippen molar-refractivity contribution in [2.45, 2.75) is 19.1 Å². The highest BCUT2D eigenvalue weighted by molar-refractivity contribution is 5.28. The number of ether oxygens (including phenoxy) is 1. The van der Waals surface area contributed by atoms with Crippen molar-refractivity contribution in [3.8, 4) is 5.75 Å². The van der Waals surface area contributed by atoms with Gasteiger partial charge in [-0.3, -0.25) is 4.90 Å². The monoisotopic (exact) mass is 287 g/mol. The van der Waals surface area contributed by atoms with Gasteiger partial charge in [-0.25, -0.2) is 4.98 Å². The van der Waals surface area contributed by atoms with E-state index in [2.05, 4.69) is 14.5 Å². The summed E-state index contributed by atoms with van der Waals surface area (Å²) < 4.78 is 7.23. The number of aryl methyl sites for hydroxylation is 1. The third-order valence-electron chi connectivity index (χ3n) is 4.12. The zero-order valence-corrected chi connectivity index (χ0v) is 12.5. The van der Waals surface area contributed by atoms with E-state index < -0.39 is 6.10 Å². The van der Waals surface area contributed by atoms with E-state index in [9.17, 15) is 5.11 Å². The Labute approximate surface area is 124 Å². The Morgan fingerprint density at radius 3 is 2.81 bits per heavy atom. The maximum absolute atomic E-state index is 10.4. The summed E-state index contributed by atoms with van der Waals surface area (Å²) in [7, 11) is 3.68. The maximum Gasteiger partial charge on any atom is 0.118 e. The van der Waals surface area contributed by atoms with E-state index in [0.29, 0.717) is 6.54 Å². The van der Waals surface area contributed by atoms with Crippen LogP contribution in [0.2, 0.25) is 0 Å². The lowest BCUT2D eigenvalue weighted by Crippen LogP contribution is -2.34. The third-order valence-corrected chi connectivity index (χ3v) is 4.12. The number of fused-ring (bicyclic) bond motifs is 1. The predicted octanol–water partition coefficient (Wildman–Crippen LogP) is 1.52. The number of benzene rings is 1. The largest absolute Gasteiger partial charge is 0.497 e. The van der Waals surface area contributed by atoms with Crippen molar-refractivity contribution in [2.24, 2.45) is 7.05 Å². The van der Waals surface area contributed by atoms with Gasteiger partial charge in [-0.1, -0.05) is 12.1 Å². The molecule has 0 spiro atoms. The molecule has 3 rings (SSSR count). The van der Waals surface area contributed by atoms with Crippen molar-refractivity contribution < 1.29 is 9.84 Å². The molecule has 1 aromatic carbocycles. The number of aliphatic hydroxyl groups excluding tert-OH is 1. The van der Waals surface area contributed by atoms with Gasteiger partial charge in [0.05, 0.1) is 25.2 Å². The van der Waals surface area contributed by atoms with Crippen LogP contribution in [-0.2, 0) is 20.0 Å². The number of methoxy groups -OCH3 is 1. The molecule has 21 heavy (non-hydrogen) atoms. The lowest BCUT2D eigenvalue weighted by atomic mass is 10.1. The molecule has 1 aliphatic heterocycles. The molecular weight excluding hydrogens is 266 g/mol. The SMILES string of the molecule is COc1ccc(C(O)CN2CCc3c(ncn3C)C2)cc1. The first-order valence-electron chi connectivity index (χ1n) is 7.21. The summed E-state index contributed by atoms with van der Waals surface area (Å²) in [5.41, 5.74) is 3.36. The lowest BCUT2D eigenvalue weighted by molar-refractivity contribution is 0.104. The van der Waals surface area contributed by atoms with E-state index in [4.69, 9.17) is 4.74 Å². The normalized spacial score (nSPS) is 16.5. The first-order chi connectivity index (χ1) is 10.2. The van der Waals surface area contributed by atoms with E-state index in [1.165, 1.54) is 5.69 Å². The molecule has 1 N–H and O–H groups in total. The van der Waals surface area contributed by atoms with Crippen LogP contribution in [0.15, 0.2) is 30.6 Å². The summed E-state index contributed by atoms with van der Waals surface area (Å²) in [5.74, 6) is 0.807. The van der Waals surface area contributed by atoms with Gasteiger partial charge >= 0.3 is 0 Å². The van der Waals surface area contributed by atoms with E-state index >= 15 is 0 Å². The van der Waals surface area contributed by atoms with Crippen LogP contribution in [0.25, 0.3) is 0 Å². The molecule has 1 aliphatic rings. The predicted molar refractivity (Wildman–Crippen MR) is 80.1 cm³/mol. The molecule has 0 aliphatic carbocycles. The zero-order valence-electron chi connectivity index (χ0n) is 12.5. The number of aliphatic hydroxyl groups is 1. The minimum absolute atomic E-state index is 0.485. The van der Waals surface area contributed by atoms with Crippen molar-refractivity contribution >= 4 is 0 Å². The van der Waals surface area contributed by atoms with Crippen molar-refractivity contribution in [1.29, 1.82) is 0 Å². The van der Waals surface area contributed by atoms with Crippen LogP contribution in [0.3, 0.4) is 0 Å². The Hall–Kier alpha value is -1.85. The highest BCUT2D eigenvalue weighted by Gasteiger charge is 2.22. The fraction of sp³-hybridized carbons (Fsp3) is 0.438. The molecule has 5 nitrogen and oxygen atoms in total. The molecular formula is C16H21N3O2. The Morgan fingerprint density at radius 2 is 2.10 bits per heavy atom. The second-order valence-electron chi connectivity index (χ2n) is 5.52. The minimum atomic E-state index is -0.485. The van der Waals surface area contributed by atoms with Crippen LogP contribution in [-0.4, -0.2) is 39.8 Å². The van der Waals surface area contributed by atoms with Crippen LogP contribution in [0.5, 0.6) is 5.75 Å². The van der Waals surface area contributed by atoms with Crippen molar-refractivity contribution in [3.05, 3.63) is 47.5 Å². The summed E-state index contributed by atoms with van der Waals surface area (Å²) in [5, 5.41) is 10.4. The molecule has 0 fully saturated rings. The second kappa shape index (κ2) is 5.87. The number of hydrogen-bond donors (Lipinski definition) is 1. The first kappa shape index (κ1) is 14.1. The maximum atomic E-state index is 10.4. The average Bonchev–Trinajstić information content (AvgIpc) is 2.88. The molecule has 5 heteroatoms. The van der Waals surface area contributed by atoms with Gasteiger partial charge in [0, 0.05) is 38.8 Å². The molecule has 2 aromatic rings. The van der Waals surface area contributed by atoms with Crippen LogP contribution in [0.1, 0.15) is 23.1 Å². The smallest absolute Gasteiger partial charge is 0.118 e. The third kappa shape index (κ3) is 2.94. The molecule has 1 aromatic heterocycles. The highest BCUT2D eigenvalue weighted by atomic mass is 16.5. The van der Waals surface area contributed by atoms with Crippen molar-refractivity contribution in [2.75, 3.05) is 20.2 Å². The van der Waals surface area contributed by atoms with Gasteiger partial charge in [-0.05, 0) is 17.7 Å². The Morgan fingerprint density at radius 1 is 1.33 bits per heavy atom. The van der Waals surface area contributed by atoms with Crippen molar-refractivity contribution in [1.82, 2.24) is 14.5 Å². The quantitative estimate of drug-likeness (QED) is 0.926. The molecule has 0 amide bonds. The molecule has 0 saturated carbocycles. The zero-order chi connectivity index (χ0) is 14.8. The van der Waals surface area contributed by atoms with E-state index in [1.54, 1.807) is 7.11 Å². The van der Waals surface area contributed by atoms with Crippen LogP contribution in [0, 0.1) is 0 Å². The summed E-state index contributed by atoms with van der Waals surface area (Å²) in [6.45, 7) is 2.39. The molecule has 0 saturated heterocycles. The van der Waals surface area contributed by atoms with Crippen LogP contribution in [0.4, 0.5) is 0 Å². The van der Waals surface area contributed by atoms with E-state index in [-0.39, 0.29) is 0 Å². The topological polar surface area (TPSA) is 50.5 Å². The molecule has 0 radical (unpaired) electrons. The van der Waals surface area contributed by atoms with Gasteiger partial charge in [-0.15, -0.1) is 0 Å². The summed E-state index contributed by atoms with van der Waals surface area (Å²) in [4.78, 5) is 6.69. The molecule has 0 bridgehead atoms. The molecule has 1 unspecified atom stereocenters. The summed E-state index contributed by atoms with van der Waals surface area (Å²) >= 11 is 0. The Balaban J connectivity index is 1.64. The van der Waals surface area contributed by atoms with Gasteiger partial charge in [0.2, 0.25) is 0 Å². The lowest BCUT2D eigenvalue weighted by Gasteiger charge is -2.28. The van der Waals surface area contributed by atoms with Gasteiger partial charge in [0.15, 0.2) is 0 Å². The van der Waals surface area contributed by atoms with Gasteiger partial charge in [0.1, 0.15) is 5.75 Å². The molecule has 2 heterocycles. The van der Waals surface area contributed by atoms with Gasteiger partial charge in [-0.2, -0.15) is 0 Å². The Bertz CT molecular complexity index is 606. The molecule has 1 atom stereocenters. The number of rotatable bonds is 4. The highest BCUT2D eigenvalue weighted by Crippen LogP contribution is 2.22. The fourth-order valence-corrected chi connectivity index (χ4v) is 2.84. The number of β-amino-alcohol motifs (C(OH)–C–C–N with tert-alkyl or cyclic N) is 1. The number of aromatic nitrogens is 2. The first-order valence-corrected chi connectivity index (χ1v) is 7.21. The van der Waals surface area contributed by atoms with Gasteiger partial charge in [0.25, 0.3) is 0 Å². The average molecular weight is 287 g/mol. The summed E-state index contributed by atoms with van der Waals surface area (Å²) in [6, 6.07) is 7.59. The Kier molecular flexibility index (Phi) is 3.94. The van der Waals surface area contributed by atoms with E-state index in [1.807, 2.05) is 37.6 Å². The second-order valence-corrected chi connectivity index (χ2v) is 5.52. The van der Waals surface area contributed by atoms with E-state index in [0.717, 1.165) is 36.5 Å². The fourth-order valence-electron chi connectivity index (χ4n) is 2.84. The number of hydrogen-bond acceptors (Lipinski definition) is 4. The number of nitrogens with zero attached hydrogens (tertiary/aromatic N) is 3. The molecule has 112 valence electrons. The van der Waals surface area contributed by atoms with Gasteiger partial charge < -0.3 is 14.4 Å².